The summed E-state index contributed by atoms with van der Waals surface area (Å²) in [7, 11) is 0. The van der Waals surface area contributed by atoms with Gasteiger partial charge in [0.25, 0.3) is 0 Å². The average molecular weight is 265 g/mol. The van der Waals surface area contributed by atoms with Crippen molar-refractivity contribution < 1.29 is 4.39 Å². The van der Waals surface area contributed by atoms with E-state index in [1.165, 1.54) is 6.07 Å². The Morgan fingerprint density at radius 2 is 1.73 bits per heavy atom. The maximum absolute atomic E-state index is 13.3. The van der Waals surface area contributed by atoms with Gasteiger partial charge in [-0.05, 0) is 35.7 Å². The van der Waals surface area contributed by atoms with Gasteiger partial charge in [-0.3, -0.25) is 0 Å². The lowest BCUT2D eigenvalue weighted by molar-refractivity contribution is 0.627. The minimum Gasteiger partial charge on any atom is -0.207 e. The Balaban J connectivity index is 2.63. The minimum absolute atomic E-state index is 0.216. The third-order valence-corrected chi connectivity index (χ3v) is 3.22. The van der Waals surface area contributed by atoms with E-state index in [4.69, 9.17) is 0 Å². The van der Waals surface area contributed by atoms with E-state index < -0.39 is 0 Å². The molecule has 0 bridgehead atoms. The second-order valence-electron chi connectivity index (χ2n) is 3.43. The summed E-state index contributed by atoms with van der Waals surface area (Å²) >= 11 is 3.35. The van der Waals surface area contributed by atoms with Crippen LogP contribution in [0, 0.1) is 12.7 Å². The first kappa shape index (κ1) is 10.4. The summed E-state index contributed by atoms with van der Waals surface area (Å²) in [6.07, 6.45) is 0. The van der Waals surface area contributed by atoms with Gasteiger partial charge in [0, 0.05) is 4.47 Å². The van der Waals surface area contributed by atoms with Crippen molar-refractivity contribution >= 4 is 15.9 Å². The summed E-state index contributed by atoms with van der Waals surface area (Å²) in [4.78, 5) is 0. The Morgan fingerprint density at radius 3 is 2.40 bits per heavy atom. The van der Waals surface area contributed by atoms with Gasteiger partial charge in [-0.25, -0.2) is 4.39 Å². The smallest absolute Gasteiger partial charge is 0.124 e. The molecule has 0 heterocycles. The molecule has 0 N–H and O–H groups in total. The molecule has 0 fully saturated rings. The second-order valence-corrected chi connectivity index (χ2v) is 4.28. The van der Waals surface area contributed by atoms with Gasteiger partial charge in [-0.15, -0.1) is 0 Å². The Morgan fingerprint density at radius 1 is 1.07 bits per heavy atom. The normalized spacial score (nSPS) is 10.3. The molecule has 2 aromatic carbocycles. The van der Waals surface area contributed by atoms with Crippen LogP contribution in [0.1, 0.15) is 5.56 Å². The summed E-state index contributed by atoms with van der Waals surface area (Å²) in [5.41, 5.74) is 3.03. The van der Waals surface area contributed by atoms with Gasteiger partial charge in [-0.1, -0.05) is 46.3 Å². The third-order valence-electron chi connectivity index (χ3n) is 2.39. The molecular weight excluding hydrogens is 255 g/mol. The first-order valence-electron chi connectivity index (χ1n) is 4.69. The van der Waals surface area contributed by atoms with Crippen molar-refractivity contribution in [2.75, 3.05) is 0 Å². The van der Waals surface area contributed by atoms with Crippen LogP contribution < -0.4 is 0 Å². The summed E-state index contributed by atoms with van der Waals surface area (Å²) in [5.74, 6) is -0.216. The van der Waals surface area contributed by atoms with E-state index in [1.54, 1.807) is 6.07 Å². The largest absolute Gasteiger partial charge is 0.207 e. The number of hydrogen-bond acceptors (Lipinski definition) is 0. The quantitative estimate of drug-likeness (QED) is 0.708. The Hall–Kier alpha value is -1.15. The molecule has 0 nitrogen and oxygen atoms in total. The van der Waals surface area contributed by atoms with E-state index in [9.17, 15) is 4.39 Å². The number of rotatable bonds is 1. The predicted molar refractivity (Wildman–Crippen MR) is 64.3 cm³/mol. The highest BCUT2D eigenvalue weighted by molar-refractivity contribution is 9.10. The van der Waals surface area contributed by atoms with E-state index in [0.29, 0.717) is 0 Å². The fourth-order valence-electron chi connectivity index (χ4n) is 1.56. The molecule has 0 atom stereocenters. The third kappa shape index (κ3) is 2.10. The van der Waals surface area contributed by atoms with Crippen LogP contribution in [0.15, 0.2) is 46.9 Å². The molecule has 0 saturated heterocycles. The maximum Gasteiger partial charge on any atom is 0.124 e. The summed E-state index contributed by atoms with van der Waals surface area (Å²) in [6, 6.07) is 12.9. The van der Waals surface area contributed by atoms with Crippen molar-refractivity contribution in [1.29, 1.82) is 0 Å². The predicted octanol–water partition coefficient (Wildman–Crippen LogP) is 4.56. The number of hydrogen-bond donors (Lipinski definition) is 0. The SMILES string of the molecule is Cc1c(Br)cc(F)cc1-c1ccccc1. The van der Waals surface area contributed by atoms with Crippen LogP contribution in [0.3, 0.4) is 0 Å². The van der Waals surface area contributed by atoms with Gasteiger partial charge in [0.05, 0.1) is 0 Å². The van der Waals surface area contributed by atoms with Crippen LogP contribution in [-0.4, -0.2) is 0 Å². The summed E-state index contributed by atoms with van der Waals surface area (Å²) < 4.78 is 14.1. The maximum atomic E-state index is 13.3. The molecule has 0 amide bonds. The number of halogens is 2. The molecule has 0 unspecified atom stereocenters. The fraction of sp³-hybridized carbons (Fsp3) is 0.0769. The van der Waals surface area contributed by atoms with Crippen molar-refractivity contribution in [3.8, 4) is 11.1 Å². The lowest BCUT2D eigenvalue weighted by Crippen LogP contribution is -1.87. The van der Waals surface area contributed by atoms with Crippen LogP contribution in [0.4, 0.5) is 4.39 Å². The molecule has 2 rings (SSSR count). The van der Waals surface area contributed by atoms with Crippen molar-refractivity contribution in [3.63, 3.8) is 0 Å². The zero-order valence-electron chi connectivity index (χ0n) is 8.30. The van der Waals surface area contributed by atoms with Crippen molar-refractivity contribution in [1.82, 2.24) is 0 Å². The lowest BCUT2D eigenvalue weighted by atomic mass is 10.0. The van der Waals surface area contributed by atoms with E-state index in [-0.39, 0.29) is 5.82 Å². The molecule has 0 aliphatic heterocycles. The van der Waals surface area contributed by atoms with Crippen molar-refractivity contribution in [3.05, 3.63) is 58.3 Å². The Kier molecular flexibility index (Phi) is 2.87. The van der Waals surface area contributed by atoms with E-state index in [0.717, 1.165) is 21.2 Å². The lowest BCUT2D eigenvalue weighted by Gasteiger charge is -2.08. The van der Waals surface area contributed by atoms with Gasteiger partial charge in [0.1, 0.15) is 5.82 Å². The highest BCUT2D eigenvalue weighted by Gasteiger charge is 2.06. The zero-order valence-corrected chi connectivity index (χ0v) is 9.88. The van der Waals surface area contributed by atoms with Crippen LogP contribution in [0.2, 0.25) is 0 Å². The van der Waals surface area contributed by atoms with Gasteiger partial charge in [0.2, 0.25) is 0 Å². The van der Waals surface area contributed by atoms with Crippen LogP contribution in [0.25, 0.3) is 11.1 Å². The summed E-state index contributed by atoms with van der Waals surface area (Å²) in [6.45, 7) is 1.98. The van der Waals surface area contributed by atoms with Crippen molar-refractivity contribution in [2.24, 2.45) is 0 Å². The first-order chi connectivity index (χ1) is 7.18. The molecule has 0 aliphatic rings. The second kappa shape index (κ2) is 4.15. The topological polar surface area (TPSA) is 0 Å². The van der Waals surface area contributed by atoms with E-state index >= 15 is 0 Å². The Bertz CT molecular complexity index is 477. The Labute approximate surface area is 96.9 Å². The van der Waals surface area contributed by atoms with Crippen LogP contribution in [-0.2, 0) is 0 Å². The van der Waals surface area contributed by atoms with E-state index in [1.807, 2.05) is 37.3 Å². The molecule has 0 radical (unpaired) electrons. The average Bonchev–Trinajstić information content (AvgIpc) is 2.24. The van der Waals surface area contributed by atoms with Gasteiger partial charge in [-0.2, -0.15) is 0 Å². The zero-order chi connectivity index (χ0) is 10.8. The van der Waals surface area contributed by atoms with E-state index in [2.05, 4.69) is 15.9 Å². The molecule has 0 spiro atoms. The molecule has 0 aromatic heterocycles. The molecular formula is C13H10BrF. The molecule has 76 valence electrons. The molecule has 15 heavy (non-hydrogen) atoms. The molecule has 2 aromatic rings. The monoisotopic (exact) mass is 264 g/mol. The van der Waals surface area contributed by atoms with Crippen LogP contribution >= 0.6 is 15.9 Å². The van der Waals surface area contributed by atoms with Crippen molar-refractivity contribution in [2.45, 2.75) is 6.92 Å². The first-order valence-corrected chi connectivity index (χ1v) is 5.49. The van der Waals surface area contributed by atoms with Gasteiger partial charge < -0.3 is 0 Å². The molecule has 2 heteroatoms. The van der Waals surface area contributed by atoms with Gasteiger partial charge >= 0.3 is 0 Å². The summed E-state index contributed by atoms with van der Waals surface area (Å²) in [5, 5.41) is 0. The standard InChI is InChI=1S/C13H10BrF/c1-9-12(7-11(15)8-13(9)14)10-5-3-2-4-6-10/h2-8H,1H3. The number of benzene rings is 2. The molecule has 0 saturated carbocycles. The van der Waals surface area contributed by atoms with Crippen LogP contribution in [0.5, 0.6) is 0 Å². The minimum atomic E-state index is -0.216. The fourth-order valence-corrected chi connectivity index (χ4v) is 2.00. The highest BCUT2D eigenvalue weighted by Crippen LogP contribution is 2.29. The van der Waals surface area contributed by atoms with Gasteiger partial charge in [0.15, 0.2) is 0 Å². The molecule has 0 aliphatic carbocycles. The highest BCUT2D eigenvalue weighted by atomic mass is 79.9.